The molecule has 3 aromatic rings. The van der Waals surface area contributed by atoms with Gasteiger partial charge in [-0.25, -0.2) is 13.3 Å². The lowest BCUT2D eigenvalue weighted by atomic mass is 10.1. The number of carbonyl (C=O) groups is 3. The molecule has 0 unspecified atom stereocenters. The maximum Gasteiger partial charge on any atom is 0.319 e. The predicted molar refractivity (Wildman–Crippen MR) is 152 cm³/mol. The van der Waals surface area contributed by atoms with Crippen molar-refractivity contribution in [2.45, 2.75) is 25.8 Å². The fraction of sp³-hybridized carbons (Fsp3) is 0.231. The van der Waals surface area contributed by atoms with Crippen LogP contribution < -0.4 is 26.4 Å². The van der Waals surface area contributed by atoms with Crippen LogP contribution in [0.5, 0.6) is 0 Å². The third-order valence-corrected chi connectivity index (χ3v) is 6.84. The molecule has 1 fully saturated rings. The zero-order chi connectivity index (χ0) is 28.3. The quantitative estimate of drug-likeness (QED) is 0.286. The molecule has 13 heteroatoms. The van der Waals surface area contributed by atoms with Crippen LogP contribution in [0.3, 0.4) is 0 Å². The van der Waals surface area contributed by atoms with Gasteiger partial charge in [-0.1, -0.05) is 22.0 Å². The molecule has 4 rings (SSSR count). The van der Waals surface area contributed by atoms with Crippen LogP contribution in [0, 0.1) is 5.82 Å². The first kappa shape index (κ1) is 28.1. The molecular weight excluding hydrogens is 595 g/mol. The van der Waals surface area contributed by atoms with Crippen molar-refractivity contribution in [3.8, 4) is 0 Å². The van der Waals surface area contributed by atoms with Crippen LogP contribution in [-0.4, -0.2) is 47.0 Å². The van der Waals surface area contributed by atoms with Crippen molar-refractivity contribution in [1.82, 2.24) is 14.3 Å². The number of pyridine rings is 1. The molecule has 39 heavy (non-hydrogen) atoms. The average molecular weight is 620 g/mol. The molecule has 10 nitrogen and oxygen atoms in total. The molecule has 1 aliphatic carbocycles. The van der Waals surface area contributed by atoms with Crippen LogP contribution >= 0.6 is 27.7 Å². The van der Waals surface area contributed by atoms with E-state index < -0.39 is 23.3 Å². The van der Waals surface area contributed by atoms with Gasteiger partial charge in [-0.3, -0.25) is 19.3 Å². The third kappa shape index (κ3) is 6.23. The summed E-state index contributed by atoms with van der Waals surface area (Å²) in [6, 6.07) is 11.1. The van der Waals surface area contributed by atoms with E-state index in [9.17, 15) is 23.6 Å². The van der Waals surface area contributed by atoms with Gasteiger partial charge >= 0.3 is 6.03 Å². The number of hydrogen-bond acceptors (Lipinski definition) is 5. The van der Waals surface area contributed by atoms with Gasteiger partial charge in [0.25, 0.3) is 11.5 Å². The van der Waals surface area contributed by atoms with Crippen LogP contribution in [-0.2, 0) is 4.79 Å². The predicted octanol–water partition coefficient (Wildman–Crippen LogP) is 5.17. The summed E-state index contributed by atoms with van der Waals surface area (Å²) >= 11 is 9.61. The van der Waals surface area contributed by atoms with E-state index in [1.807, 2.05) is 0 Å². The zero-order valence-corrected chi connectivity index (χ0v) is 23.3. The lowest BCUT2D eigenvalue weighted by Gasteiger charge is -2.27. The Balaban J connectivity index is 1.88. The number of aromatic nitrogens is 1. The normalized spacial score (nSPS) is 12.4. The Bertz CT molecular complexity index is 1500. The minimum Gasteiger partial charge on any atom is -0.352 e. The van der Waals surface area contributed by atoms with Gasteiger partial charge in [0.2, 0.25) is 6.41 Å². The number of nitrogens with zero attached hydrogens (tertiary/aromatic N) is 3. The van der Waals surface area contributed by atoms with Crippen molar-refractivity contribution < 1.29 is 18.8 Å². The van der Waals surface area contributed by atoms with Crippen molar-refractivity contribution in [1.29, 1.82) is 0 Å². The van der Waals surface area contributed by atoms with Gasteiger partial charge in [-0.2, -0.15) is 0 Å². The Hall–Kier alpha value is -3.90. The number of halogens is 3. The molecule has 204 valence electrons. The van der Waals surface area contributed by atoms with Crippen LogP contribution in [0.2, 0.25) is 0 Å². The van der Waals surface area contributed by atoms with Crippen molar-refractivity contribution in [3.05, 3.63) is 74.7 Å². The molecule has 0 radical (unpaired) electrons. The van der Waals surface area contributed by atoms with E-state index in [0.29, 0.717) is 27.2 Å². The highest BCUT2D eigenvalue weighted by Gasteiger charge is 2.35. The number of hydrogen-bond donors (Lipinski definition) is 3. The largest absolute Gasteiger partial charge is 0.352 e. The van der Waals surface area contributed by atoms with Crippen molar-refractivity contribution in [2.24, 2.45) is 0 Å². The summed E-state index contributed by atoms with van der Waals surface area (Å²) in [5, 5.41) is 8.08. The first-order valence-electron chi connectivity index (χ1n) is 12.0. The minimum absolute atomic E-state index is 0.00443. The maximum absolute atomic E-state index is 14.7. The zero-order valence-electron chi connectivity index (χ0n) is 21.0. The number of nitrogens with one attached hydrogen (secondary N) is 3. The van der Waals surface area contributed by atoms with E-state index in [0.717, 1.165) is 23.8 Å². The van der Waals surface area contributed by atoms with E-state index in [1.165, 1.54) is 23.1 Å². The summed E-state index contributed by atoms with van der Waals surface area (Å²) in [5.41, 5.74) is -0.346. The number of rotatable bonds is 9. The summed E-state index contributed by atoms with van der Waals surface area (Å²) in [5.74, 6) is -1.40. The fourth-order valence-electron chi connectivity index (χ4n) is 3.94. The first-order valence-corrected chi connectivity index (χ1v) is 13.1. The summed E-state index contributed by atoms with van der Waals surface area (Å²) in [6.07, 6.45) is 2.00. The van der Waals surface area contributed by atoms with Gasteiger partial charge in [-0.15, -0.1) is 0 Å². The number of urea groups is 1. The van der Waals surface area contributed by atoms with E-state index in [2.05, 4.69) is 31.9 Å². The van der Waals surface area contributed by atoms with Gasteiger partial charge in [0.05, 0.1) is 17.1 Å². The Kier molecular flexibility index (Phi) is 8.56. The van der Waals surface area contributed by atoms with Crippen LogP contribution in [0.25, 0.3) is 0 Å². The molecule has 1 aliphatic rings. The van der Waals surface area contributed by atoms with Gasteiger partial charge < -0.3 is 20.9 Å². The SMILES string of the molecule is CCNC(=O)Nc1cccc(N(C=O)c2c(C(=O)N(C)C3CC3)c(Nc3ccc(Br)cc3F)cc(=O)n2Cl)c1. The second-order valence-corrected chi connectivity index (χ2v) is 10.0. The van der Waals surface area contributed by atoms with Gasteiger partial charge in [0, 0.05) is 47.6 Å². The molecule has 0 aliphatic heterocycles. The molecule has 4 amide bonds. The Labute approximate surface area is 237 Å². The van der Waals surface area contributed by atoms with E-state index in [4.69, 9.17) is 11.8 Å². The number of amides is 4. The molecule has 2 aromatic carbocycles. The van der Waals surface area contributed by atoms with Crippen molar-refractivity contribution in [2.75, 3.05) is 29.1 Å². The van der Waals surface area contributed by atoms with Gasteiger partial charge in [0.15, 0.2) is 5.82 Å². The van der Waals surface area contributed by atoms with Crippen LogP contribution in [0.15, 0.2) is 57.8 Å². The second-order valence-electron chi connectivity index (χ2n) is 8.78. The minimum atomic E-state index is -0.763. The molecule has 1 heterocycles. The summed E-state index contributed by atoms with van der Waals surface area (Å²) in [4.78, 5) is 53.8. The first-order chi connectivity index (χ1) is 18.6. The highest BCUT2D eigenvalue weighted by molar-refractivity contribution is 9.10. The lowest BCUT2D eigenvalue weighted by Crippen LogP contribution is -2.34. The number of carbonyl (C=O) groups excluding carboxylic acids is 3. The van der Waals surface area contributed by atoms with Gasteiger partial charge in [-0.05, 0) is 56.2 Å². The molecule has 3 N–H and O–H groups in total. The fourth-order valence-corrected chi connectivity index (χ4v) is 4.49. The monoisotopic (exact) mass is 618 g/mol. The molecule has 1 saturated carbocycles. The third-order valence-electron chi connectivity index (χ3n) is 6.02. The molecule has 0 bridgehead atoms. The van der Waals surface area contributed by atoms with Crippen LogP contribution in [0.4, 0.5) is 37.8 Å². The Morgan fingerprint density at radius 1 is 1.18 bits per heavy atom. The molecule has 1 aromatic heterocycles. The van der Waals surface area contributed by atoms with Crippen molar-refractivity contribution >= 4 is 74.6 Å². The standard InChI is InChI=1S/C26H25BrClFN6O4/c1-3-30-26(39)31-16-5-4-6-18(12-16)34(14-36)24-23(25(38)33(2)17-8-9-17)21(13-22(37)35(24)28)32-20-10-7-15(27)11-19(20)29/h4-7,10-14,17,32H,3,8-9H2,1-2H3,(H2,30,31,39). The summed E-state index contributed by atoms with van der Waals surface area (Å²) in [7, 11) is 1.61. The smallest absolute Gasteiger partial charge is 0.319 e. The topological polar surface area (TPSA) is 116 Å². The number of anilines is 5. The molecule has 0 spiro atoms. The van der Waals surface area contributed by atoms with E-state index >= 15 is 0 Å². The van der Waals surface area contributed by atoms with E-state index in [1.54, 1.807) is 38.2 Å². The molecule has 0 atom stereocenters. The van der Waals surface area contributed by atoms with Crippen molar-refractivity contribution in [3.63, 3.8) is 0 Å². The second kappa shape index (κ2) is 11.9. The molecule has 0 saturated heterocycles. The van der Waals surface area contributed by atoms with Gasteiger partial charge in [0.1, 0.15) is 11.4 Å². The summed E-state index contributed by atoms with van der Waals surface area (Å²) in [6.45, 7) is 2.17. The number of benzene rings is 2. The van der Waals surface area contributed by atoms with Crippen LogP contribution in [0.1, 0.15) is 30.1 Å². The lowest BCUT2D eigenvalue weighted by molar-refractivity contribution is -0.106. The average Bonchev–Trinajstić information content (AvgIpc) is 3.74. The van der Waals surface area contributed by atoms with E-state index in [-0.39, 0.29) is 34.5 Å². The highest BCUT2D eigenvalue weighted by atomic mass is 79.9. The maximum atomic E-state index is 14.7. The molecular formula is C26H25BrClFN6O4. The highest BCUT2D eigenvalue weighted by Crippen LogP contribution is 2.37. The Morgan fingerprint density at radius 2 is 1.92 bits per heavy atom. The Morgan fingerprint density at radius 3 is 2.56 bits per heavy atom. The summed E-state index contributed by atoms with van der Waals surface area (Å²) < 4.78 is 15.9.